The molecular formula is C28H25FN2O3. The first-order chi connectivity index (χ1) is 16.5. The van der Waals surface area contributed by atoms with Gasteiger partial charge in [-0.25, -0.2) is 9.82 Å². The molecule has 1 N–H and O–H groups in total. The molecule has 4 rings (SSSR count). The van der Waals surface area contributed by atoms with E-state index >= 15 is 0 Å². The first-order valence-electron chi connectivity index (χ1n) is 10.9. The molecule has 1 amide bonds. The van der Waals surface area contributed by atoms with E-state index in [1.165, 1.54) is 12.1 Å². The van der Waals surface area contributed by atoms with Crippen LogP contribution in [0.25, 0.3) is 10.8 Å². The molecule has 0 aromatic heterocycles. The molecule has 0 radical (unpaired) electrons. The fourth-order valence-electron chi connectivity index (χ4n) is 3.43. The quantitative estimate of drug-likeness (QED) is 0.273. The van der Waals surface area contributed by atoms with Gasteiger partial charge in [0.2, 0.25) is 0 Å². The maximum Gasteiger partial charge on any atom is 0.277 e. The molecule has 0 spiro atoms. The van der Waals surface area contributed by atoms with E-state index in [0.717, 1.165) is 33.0 Å². The lowest BCUT2D eigenvalue weighted by molar-refractivity contribution is -0.123. The van der Waals surface area contributed by atoms with Crippen molar-refractivity contribution in [2.45, 2.75) is 20.5 Å². The Kier molecular flexibility index (Phi) is 7.18. The van der Waals surface area contributed by atoms with E-state index < -0.39 is 0 Å². The van der Waals surface area contributed by atoms with Crippen LogP contribution in [0.15, 0.2) is 84.0 Å². The van der Waals surface area contributed by atoms with Gasteiger partial charge in [-0.3, -0.25) is 4.79 Å². The molecule has 6 heteroatoms. The van der Waals surface area contributed by atoms with E-state index in [9.17, 15) is 9.18 Å². The molecule has 0 aliphatic rings. The maximum absolute atomic E-state index is 13.2. The number of benzene rings is 4. The van der Waals surface area contributed by atoms with Gasteiger partial charge in [0.05, 0.1) is 6.21 Å². The molecule has 0 atom stereocenters. The van der Waals surface area contributed by atoms with Crippen molar-refractivity contribution in [3.63, 3.8) is 0 Å². The smallest absolute Gasteiger partial charge is 0.277 e. The van der Waals surface area contributed by atoms with Crippen molar-refractivity contribution in [2.24, 2.45) is 5.10 Å². The van der Waals surface area contributed by atoms with E-state index in [2.05, 4.69) is 10.5 Å². The van der Waals surface area contributed by atoms with Gasteiger partial charge in [0.15, 0.2) is 6.61 Å². The van der Waals surface area contributed by atoms with E-state index in [0.29, 0.717) is 11.5 Å². The molecule has 0 aliphatic carbocycles. The number of ether oxygens (including phenoxy) is 2. The molecular weight excluding hydrogens is 431 g/mol. The summed E-state index contributed by atoms with van der Waals surface area (Å²) < 4.78 is 24.7. The summed E-state index contributed by atoms with van der Waals surface area (Å²) in [6, 6.07) is 23.5. The van der Waals surface area contributed by atoms with E-state index in [1.807, 2.05) is 68.4 Å². The van der Waals surface area contributed by atoms with Gasteiger partial charge in [-0.15, -0.1) is 0 Å². The topological polar surface area (TPSA) is 59.9 Å². The average Bonchev–Trinajstić information content (AvgIpc) is 2.85. The van der Waals surface area contributed by atoms with E-state index in [-0.39, 0.29) is 24.9 Å². The Morgan fingerprint density at radius 2 is 1.74 bits per heavy atom. The normalized spacial score (nSPS) is 11.0. The highest BCUT2D eigenvalue weighted by molar-refractivity contribution is 6.02. The lowest BCUT2D eigenvalue weighted by Gasteiger charge is -2.12. The molecule has 172 valence electrons. The zero-order valence-electron chi connectivity index (χ0n) is 19.0. The van der Waals surface area contributed by atoms with Crippen LogP contribution in [0, 0.1) is 19.7 Å². The number of hydrogen-bond donors (Lipinski definition) is 1. The van der Waals surface area contributed by atoms with E-state index in [4.69, 9.17) is 9.47 Å². The number of fused-ring (bicyclic) bond motifs is 1. The Bertz CT molecular complexity index is 1330. The number of nitrogens with one attached hydrogen (secondary N) is 1. The predicted molar refractivity (Wildman–Crippen MR) is 132 cm³/mol. The fraction of sp³-hybridized carbons (Fsp3) is 0.143. The Labute approximate surface area is 197 Å². The van der Waals surface area contributed by atoms with Crippen LogP contribution in [0.2, 0.25) is 0 Å². The summed E-state index contributed by atoms with van der Waals surface area (Å²) in [7, 11) is 0. The third-order valence-electron chi connectivity index (χ3n) is 5.47. The van der Waals surface area contributed by atoms with Crippen molar-refractivity contribution in [3.05, 3.63) is 107 Å². The van der Waals surface area contributed by atoms with Crippen LogP contribution in [0.5, 0.6) is 11.5 Å². The van der Waals surface area contributed by atoms with Gasteiger partial charge < -0.3 is 9.47 Å². The number of rotatable bonds is 8. The van der Waals surface area contributed by atoms with Crippen molar-refractivity contribution in [2.75, 3.05) is 6.61 Å². The van der Waals surface area contributed by atoms with Crippen LogP contribution in [0.3, 0.4) is 0 Å². The minimum Gasteiger partial charge on any atom is -0.488 e. The summed E-state index contributed by atoms with van der Waals surface area (Å²) in [5, 5.41) is 6.08. The van der Waals surface area contributed by atoms with Gasteiger partial charge in [-0.1, -0.05) is 48.5 Å². The van der Waals surface area contributed by atoms with Crippen LogP contribution in [-0.4, -0.2) is 18.7 Å². The zero-order valence-corrected chi connectivity index (χ0v) is 19.0. The van der Waals surface area contributed by atoms with Gasteiger partial charge in [0.25, 0.3) is 5.91 Å². The third-order valence-corrected chi connectivity index (χ3v) is 5.47. The summed E-state index contributed by atoms with van der Waals surface area (Å²) in [5.41, 5.74) is 6.34. The first kappa shape index (κ1) is 23.0. The van der Waals surface area contributed by atoms with Crippen LogP contribution < -0.4 is 14.9 Å². The van der Waals surface area contributed by atoms with Gasteiger partial charge in [0, 0.05) is 5.56 Å². The second-order valence-electron chi connectivity index (χ2n) is 7.94. The number of aryl methyl sites for hydroxylation is 2. The Morgan fingerprint density at radius 3 is 2.53 bits per heavy atom. The number of carbonyl (C=O) groups is 1. The number of amides is 1. The van der Waals surface area contributed by atoms with Crippen LogP contribution in [0.1, 0.15) is 22.3 Å². The highest BCUT2D eigenvalue weighted by Crippen LogP contribution is 2.27. The Morgan fingerprint density at radius 1 is 0.941 bits per heavy atom. The third kappa shape index (κ3) is 5.78. The molecule has 4 aromatic rings. The Hall–Kier alpha value is -4.19. The highest BCUT2D eigenvalue weighted by atomic mass is 19.1. The summed E-state index contributed by atoms with van der Waals surface area (Å²) in [6.45, 7) is 4.14. The number of carbonyl (C=O) groups excluding carboxylic acids is 1. The second-order valence-corrected chi connectivity index (χ2v) is 7.94. The molecule has 0 saturated heterocycles. The molecule has 0 fully saturated rings. The maximum atomic E-state index is 13.2. The summed E-state index contributed by atoms with van der Waals surface area (Å²) >= 11 is 0. The molecule has 0 heterocycles. The number of hydrogen-bond acceptors (Lipinski definition) is 4. The molecule has 5 nitrogen and oxygen atoms in total. The van der Waals surface area contributed by atoms with Crippen LogP contribution in [0.4, 0.5) is 4.39 Å². The molecule has 0 aliphatic heterocycles. The molecule has 0 unspecified atom stereocenters. The summed E-state index contributed by atoms with van der Waals surface area (Å²) in [6.07, 6.45) is 1.57. The fourth-order valence-corrected chi connectivity index (χ4v) is 3.43. The van der Waals surface area contributed by atoms with Crippen molar-refractivity contribution in [3.8, 4) is 11.5 Å². The summed E-state index contributed by atoms with van der Waals surface area (Å²) in [4.78, 5) is 12.2. The van der Waals surface area contributed by atoms with Gasteiger partial charge in [-0.05, 0) is 71.6 Å². The highest BCUT2D eigenvalue weighted by Gasteiger charge is 2.09. The summed E-state index contributed by atoms with van der Waals surface area (Å²) in [5.74, 6) is 0.572. The van der Waals surface area contributed by atoms with Crippen molar-refractivity contribution in [1.29, 1.82) is 0 Å². The number of hydrazone groups is 1. The molecule has 4 aromatic carbocycles. The Balaban J connectivity index is 1.45. The standard InChI is InChI=1S/C28H25FN2O3/c1-19-7-13-24(15-20(19)2)33-18-28(32)31-30-16-26-25-6-4-3-5-22(25)10-14-27(26)34-17-21-8-11-23(29)12-9-21/h3-16H,17-18H2,1-2H3,(H,31,32). The lowest BCUT2D eigenvalue weighted by atomic mass is 10.0. The van der Waals surface area contributed by atoms with Gasteiger partial charge in [0.1, 0.15) is 23.9 Å². The number of halogens is 1. The van der Waals surface area contributed by atoms with Gasteiger partial charge in [-0.2, -0.15) is 5.10 Å². The molecule has 34 heavy (non-hydrogen) atoms. The molecule has 0 bridgehead atoms. The van der Waals surface area contributed by atoms with Gasteiger partial charge >= 0.3 is 0 Å². The largest absolute Gasteiger partial charge is 0.488 e. The minimum atomic E-state index is -0.372. The second kappa shape index (κ2) is 10.6. The monoisotopic (exact) mass is 456 g/mol. The zero-order chi connectivity index (χ0) is 23.9. The molecule has 0 saturated carbocycles. The van der Waals surface area contributed by atoms with Crippen LogP contribution in [-0.2, 0) is 11.4 Å². The first-order valence-corrected chi connectivity index (χ1v) is 10.9. The van der Waals surface area contributed by atoms with Crippen molar-refractivity contribution >= 4 is 22.9 Å². The SMILES string of the molecule is Cc1ccc(OCC(=O)NN=Cc2c(OCc3ccc(F)cc3)ccc3ccccc23)cc1C. The van der Waals surface area contributed by atoms with Crippen molar-refractivity contribution < 1.29 is 18.7 Å². The number of nitrogens with zero attached hydrogens (tertiary/aromatic N) is 1. The van der Waals surface area contributed by atoms with Crippen molar-refractivity contribution in [1.82, 2.24) is 5.43 Å². The predicted octanol–water partition coefficient (Wildman–Crippen LogP) is 5.70. The minimum absolute atomic E-state index is 0.150. The van der Waals surface area contributed by atoms with E-state index in [1.54, 1.807) is 18.3 Å². The lowest BCUT2D eigenvalue weighted by Crippen LogP contribution is -2.24. The van der Waals surface area contributed by atoms with Crippen LogP contribution >= 0.6 is 0 Å². The average molecular weight is 457 g/mol.